The summed E-state index contributed by atoms with van der Waals surface area (Å²) in [6, 6.07) is 8.70. The van der Waals surface area contributed by atoms with Gasteiger partial charge in [0.15, 0.2) is 5.82 Å². The van der Waals surface area contributed by atoms with Crippen LogP contribution >= 0.6 is 11.6 Å². The lowest BCUT2D eigenvalue weighted by atomic mass is 10.0. The van der Waals surface area contributed by atoms with E-state index in [0.29, 0.717) is 23.5 Å². The van der Waals surface area contributed by atoms with E-state index in [9.17, 15) is 9.90 Å². The quantitative estimate of drug-likeness (QED) is 0.362. The first kappa shape index (κ1) is 24.3. The van der Waals surface area contributed by atoms with E-state index >= 15 is 0 Å². The van der Waals surface area contributed by atoms with Crippen molar-refractivity contribution in [2.24, 2.45) is 0 Å². The third-order valence-electron chi connectivity index (χ3n) is 7.00. The predicted octanol–water partition coefficient (Wildman–Crippen LogP) is 4.42. The van der Waals surface area contributed by atoms with E-state index in [1.54, 1.807) is 6.07 Å². The van der Waals surface area contributed by atoms with Crippen molar-refractivity contribution in [1.82, 2.24) is 25.2 Å². The smallest absolute Gasteiger partial charge is 0.258 e. The maximum atomic E-state index is 12.2. The Hall–Kier alpha value is -3.43. The van der Waals surface area contributed by atoms with Crippen molar-refractivity contribution in [3.63, 3.8) is 0 Å². The minimum Gasteiger partial charge on any atom is -0.493 e. The van der Waals surface area contributed by atoms with Crippen LogP contribution in [-0.4, -0.2) is 57.0 Å². The molecule has 0 spiro atoms. The van der Waals surface area contributed by atoms with Crippen LogP contribution in [0, 0.1) is 0 Å². The van der Waals surface area contributed by atoms with Crippen LogP contribution in [0.4, 0.5) is 23.1 Å². The lowest BCUT2D eigenvalue weighted by Crippen LogP contribution is -2.32. The molecule has 10 heteroatoms. The molecule has 2 aliphatic rings. The summed E-state index contributed by atoms with van der Waals surface area (Å²) < 4.78 is 0. The monoisotopic (exact) mass is 507 g/mol. The molecule has 36 heavy (non-hydrogen) atoms. The highest BCUT2D eigenvalue weighted by Crippen LogP contribution is 2.31. The van der Waals surface area contributed by atoms with Gasteiger partial charge in [0.05, 0.1) is 11.9 Å². The molecule has 4 N–H and O–H groups in total. The summed E-state index contributed by atoms with van der Waals surface area (Å²) in [5.74, 6) is -0.207. The van der Waals surface area contributed by atoms with E-state index in [-0.39, 0.29) is 16.5 Å². The van der Waals surface area contributed by atoms with Gasteiger partial charge in [-0.3, -0.25) is 4.79 Å². The molecule has 5 rings (SSSR count). The number of likely N-dealkylation sites (tertiary alicyclic amines) is 1. The highest BCUT2D eigenvalue weighted by molar-refractivity contribution is 6.33. The van der Waals surface area contributed by atoms with Crippen molar-refractivity contribution in [2.75, 3.05) is 30.8 Å². The van der Waals surface area contributed by atoms with Gasteiger partial charge >= 0.3 is 0 Å². The van der Waals surface area contributed by atoms with E-state index in [2.05, 4.69) is 54.0 Å². The minimum atomic E-state index is -0.483. The number of anilines is 4. The average molecular weight is 508 g/mol. The molecule has 0 bridgehead atoms. The molecule has 1 amide bonds. The second-order valence-corrected chi connectivity index (χ2v) is 9.64. The fourth-order valence-corrected chi connectivity index (χ4v) is 5.25. The molecule has 1 aliphatic heterocycles. The molecule has 1 atom stereocenters. The Kier molecular flexibility index (Phi) is 7.20. The topological polar surface area (TPSA) is 115 Å². The number of benzene rings is 1. The van der Waals surface area contributed by atoms with Gasteiger partial charge in [-0.2, -0.15) is 4.98 Å². The minimum absolute atomic E-state index is 0.00201. The second kappa shape index (κ2) is 10.7. The highest BCUT2D eigenvalue weighted by atomic mass is 35.5. The molecule has 0 unspecified atom stereocenters. The summed E-state index contributed by atoms with van der Waals surface area (Å²) >= 11 is 6.34. The zero-order valence-electron chi connectivity index (χ0n) is 20.2. The van der Waals surface area contributed by atoms with Crippen LogP contribution in [0.3, 0.4) is 0 Å². The number of aromatic hydroxyl groups is 1. The van der Waals surface area contributed by atoms with Crippen LogP contribution in [0.15, 0.2) is 36.7 Å². The zero-order valence-corrected chi connectivity index (χ0v) is 21.0. The molecule has 3 aromatic rings. The molecule has 3 heterocycles. The number of halogens is 1. The van der Waals surface area contributed by atoms with Crippen molar-refractivity contribution in [2.45, 2.75) is 44.6 Å². The van der Waals surface area contributed by atoms with E-state index in [1.807, 2.05) is 0 Å². The average Bonchev–Trinajstić information content (AvgIpc) is 3.33. The molecule has 1 aromatic carbocycles. The van der Waals surface area contributed by atoms with Crippen molar-refractivity contribution in [3.8, 4) is 5.88 Å². The summed E-state index contributed by atoms with van der Waals surface area (Å²) in [6.45, 7) is 2.48. The Morgan fingerprint density at radius 1 is 1.08 bits per heavy atom. The first-order valence-electron chi connectivity index (χ1n) is 12.3. The number of aryl methyl sites for hydroxylation is 2. The van der Waals surface area contributed by atoms with Crippen molar-refractivity contribution >= 4 is 40.6 Å². The van der Waals surface area contributed by atoms with E-state index in [1.165, 1.54) is 69.3 Å². The largest absolute Gasteiger partial charge is 0.493 e. The molecule has 1 saturated heterocycles. The third kappa shape index (κ3) is 5.22. The van der Waals surface area contributed by atoms with Crippen molar-refractivity contribution < 1.29 is 9.90 Å². The number of fused-ring (bicyclic) bond motifs is 1. The summed E-state index contributed by atoms with van der Waals surface area (Å²) in [5.41, 5.74) is 4.03. The van der Waals surface area contributed by atoms with Crippen LogP contribution in [-0.2, 0) is 12.8 Å². The summed E-state index contributed by atoms with van der Waals surface area (Å²) in [5, 5.41) is 19.2. The zero-order chi connectivity index (χ0) is 25.1. The number of nitrogens with zero attached hydrogens (tertiary/aromatic N) is 4. The first-order valence-corrected chi connectivity index (χ1v) is 12.7. The number of aromatic nitrogens is 3. The van der Waals surface area contributed by atoms with Gasteiger partial charge in [-0.25, -0.2) is 9.97 Å². The number of rotatable bonds is 6. The summed E-state index contributed by atoms with van der Waals surface area (Å²) in [6.07, 6.45) is 10.1. The number of amides is 1. The number of hydrogen-bond donors (Lipinski definition) is 4. The number of carbonyl (C=O) groups excluding carboxylic acids is 1. The highest BCUT2D eigenvalue weighted by Gasteiger charge is 2.24. The molecule has 1 fully saturated rings. The van der Waals surface area contributed by atoms with Crippen molar-refractivity contribution in [1.29, 1.82) is 0 Å². The molecule has 188 valence electrons. The van der Waals surface area contributed by atoms with Crippen LogP contribution in [0.25, 0.3) is 0 Å². The van der Waals surface area contributed by atoms with E-state index in [4.69, 9.17) is 11.6 Å². The van der Waals surface area contributed by atoms with Crippen LogP contribution in [0.2, 0.25) is 5.02 Å². The Labute approximate surface area is 215 Å². The standard InChI is InChI=1S/C26H30ClN7O2/c1-28-24(35)22-21(10-11-29-25(22)36)32-23-20(27)15-30-26(33-23)31-18-7-4-16-5-8-19(9-6-17(16)14-18)34-12-2-3-13-34/h4,7,10-11,14-15,19H,2-3,5-6,8-9,12-13H2,1H3,(H,28,35)(H3,29,30,31,32,33,36)/t19-/m0/s1. The predicted molar refractivity (Wildman–Crippen MR) is 141 cm³/mol. The number of carbonyl (C=O) groups is 1. The molecule has 0 radical (unpaired) electrons. The molecule has 2 aromatic heterocycles. The number of nitrogens with one attached hydrogen (secondary N) is 3. The third-order valence-corrected chi connectivity index (χ3v) is 7.27. The Bertz CT molecular complexity index is 1260. The normalized spacial score (nSPS) is 17.8. The maximum absolute atomic E-state index is 12.2. The summed E-state index contributed by atoms with van der Waals surface area (Å²) in [7, 11) is 1.48. The van der Waals surface area contributed by atoms with Gasteiger partial charge in [-0.15, -0.1) is 0 Å². The maximum Gasteiger partial charge on any atom is 0.258 e. The second-order valence-electron chi connectivity index (χ2n) is 9.23. The van der Waals surface area contributed by atoms with Crippen LogP contribution in [0.1, 0.15) is 47.2 Å². The van der Waals surface area contributed by atoms with Crippen molar-refractivity contribution in [3.05, 3.63) is 58.4 Å². The summed E-state index contributed by atoms with van der Waals surface area (Å²) in [4.78, 5) is 27.5. The van der Waals surface area contributed by atoms with Gasteiger partial charge in [-0.05, 0) is 80.9 Å². The van der Waals surface area contributed by atoms with Crippen LogP contribution < -0.4 is 16.0 Å². The van der Waals surface area contributed by atoms with Gasteiger partial charge in [0, 0.05) is 25.0 Å². The van der Waals surface area contributed by atoms with Gasteiger partial charge < -0.3 is 26.0 Å². The first-order chi connectivity index (χ1) is 17.5. The fraction of sp³-hybridized carbons (Fsp3) is 0.385. The molecule has 0 saturated carbocycles. The number of hydrogen-bond acceptors (Lipinski definition) is 8. The Morgan fingerprint density at radius 2 is 1.86 bits per heavy atom. The number of pyridine rings is 1. The molecular weight excluding hydrogens is 478 g/mol. The molecular formula is C26H30ClN7O2. The Balaban J connectivity index is 1.33. The lowest BCUT2D eigenvalue weighted by Gasteiger charge is -2.25. The van der Waals surface area contributed by atoms with E-state index < -0.39 is 5.91 Å². The lowest BCUT2D eigenvalue weighted by molar-refractivity contribution is 0.0960. The van der Waals surface area contributed by atoms with E-state index in [0.717, 1.165) is 18.5 Å². The van der Waals surface area contributed by atoms with Gasteiger partial charge in [-0.1, -0.05) is 17.7 Å². The van der Waals surface area contributed by atoms with Gasteiger partial charge in [0.1, 0.15) is 10.6 Å². The van der Waals surface area contributed by atoms with Crippen LogP contribution in [0.5, 0.6) is 5.88 Å². The van der Waals surface area contributed by atoms with Gasteiger partial charge in [0.2, 0.25) is 11.8 Å². The molecule has 9 nitrogen and oxygen atoms in total. The fourth-order valence-electron chi connectivity index (χ4n) is 5.12. The SMILES string of the molecule is CNC(=O)c1c(Nc2nc(Nc3ccc4c(c3)CC[C@@H](N3CCCC3)CC4)ncc2Cl)ccnc1O. The Morgan fingerprint density at radius 3 is 2.64 bits per heavy atom. The molecule has 1 aliphatic carbocycles. The van der Waals surface area contributed by atoms with Gasteiger partial charge in [0.25, 0.3) is 5.91 Å².